The maximum Gasteiger partial charge on any atom is 0.308 e. The monoisotopic (exact) mass is 240 g/mol. The number of allylic oxidation sites excluding steroid dienone is 2. The molecule has 0 aromatic carbocycles. The van der Waals surface area contributed by atoms with Gasteiger partial charge in [0.1, 0.15) is 0 Å². The lowest BCUT2D eigenvalue weighted by molar-refractivity contribution is -0.174. The largest absolute Gasteiger partial charge is 0.436 e. The Labute approximate surface area is 104 Å². The van der Waals surface area contributed by atoms with Crippen LogP contribution in [0.25, 0.3) is 0 Å². The summed E-state index contributed by atoms with van der Waals surface area (Å²) in [6, 6.07) is 0. The van der Waals surface area contributed by atoms with Crippen LogP contribution in [-0.4, -0.2) is 18.9 Å². The zero-order valence-electron chi connectivity index (χ0n) is 11.0. The lowest BCUT2D eigenvalue weighted by atomic mass is 9.91. The highest BCUT2D eigenvalue weighted by Crippen LogP contribution is 2.22. The quantitative estimate of drug-likeness (QED) is 0.419. The highest BCUT2D eigenvalue weighted by Gasteiger charge is 2.17. The number of carbonyl (C=O) groups excluding carboxylic acids is 1. The first-order valence-electron chi connectivity index (χ1n) is 6.68. The van der Waals surface area contributed by atoms with E-state index in [0.29, 0.717) is 18.9 Å². The highest BCUT2D eigenvalue weighted by molar-refractivity contribution is 5.69. The Hall–Kier alpha value is -0.830. The van der Waals surface area contributed by atoms with Crippen LogP contribution in [0.4, 0.5) is 0 Å². The summed E-state index contributed by atoms with van der Waals surface area (Å²) in [5.74, 6) is 0.349. The van der Waals surface area contributed by atoms with Gasteiger partial charge in [0.05, 0.1) is 0 Å². The molecule has 0 aromatic rings. The number of hydrogen-bond acceptors (Lipinski definition) is 3. The van der Waals surface area contributed by atoms with Crippen molar-refractivity contribution in [1.29, 1.82) is 0 Å². The van der Waals surface area contributed by atoms with E-state index in [1.54, 1.807) is 6.92 Å². The van der Waals surface area contributed by atoms with Crippen LogP contribution in [-0.2, 0) is 14.3 Å². The molecule has 0 bridgehead atoms. The molecule has 3 heteroatoms. The van der Waals surface area contributed by atoms with Crippen LogP contribution in [0, 0.1) is 5.92 Å². The number of carbonyl (C=O) groups is 1. The lowest BCUT2D eigenvalue weighted by Crippen LogP contribution is -2.20. The Bertz CT molecular complexity index is 248. The van der Waals surface area contributed by atoms with Gasteiger partial charge in [-0.15, -0.1) is 0 Å². The fourth-order valence-electron chi connectivity index (χ4n) is 2.18. The minimum Gasteiger partial charge on any atom is -0.436 e. The number of esters is 1. The van der Waals surface area contributed by atoms with E-state index in [1.165, 1.54) is 6.42 Å². The first-order valence-corrected chi connectivity index (χ1v) is 6.68. The average Bonchev–Trinajstić information content (AvgIpc) is 2.22. The van der Waals surface area contributed by atoms with Crippen molar-refractivity contribution in [3.05, 3.63) is 12.2 Å². The molecule has 0 saturated carbocycles. The molecule has 2 unspecified atom stereocenters. The minimum atomic E-state index is -0.416. The summed E-state index contributed by atoms with van der Waals surface area (Å²) in [5.41, 5.74) is 0. The van der Waals surface area contributed by atoms with E-state index in [0.717, 1.165) is 25.7 Å². The SMILES string of the molecule is CCOC(C)OC(=O)CC1CC/C=C\CCC1. The van der Waals surface area contributed by atoms with Gasteiger partial charge in [-0.2, -0.15) is 0 Å². The third-order valence-electron chi connectivity index (χ3n) is 3.05. The normalized spacial score (nSPS) is 24.5. The minimum absolute atomic E-state index is 0.125. The van der Waals surface area contributed by atoms with Crippen LogP contribution in [0.1, 0.15) is 52.4 Å². The molecule has 0 fully saturated rings. The second-order valence-electron chi connectivity index (χ2n) is 4.56. The molecule has 0 N–H and O–H groups in total. The molecule has 1 aliphatic carbocycles. The first kappa shape index (κ1) is 14.2. The summed E-state index contributed by atoms with van der Waals surface area (Å²) < 4.78 is 10.4. The summed E-state index contributed by atoms with van der Waals surface area (Å²) >= 11 is 0. The topological polar surface area (TPSA) is 35.5 Å². The fourth-order valence-corrected chi connectivity index (χ4v) is 2.18. The van der Waals surface area contributed by atoms with Crippen LogP contribution in [0.2, 0.25) is 0 Å². The zero-order valence-corrected chi connectivity index (χ0v) is 11.0. The Balaban J connectivity index is 2.26. The fraction of sp³-hybridized carbons (Fsp3) is 0.786. The molecule has 0 saturated heterocycles. The Morgan fingerprint density at radius 3 is 2.88 bits per heavy atom. The molecule has 1 rings (SSSR count). The van der Waals surface area contributed by atoms with E-state index < -0.39 is 6.29 Å². The van der Waals surface area contributed by atoms with E-state index in [-0.39, 0.29) is 5.97 Å². The maximum atomic E-state index is 11.7. The molecule has 1 aliphatic rings. The predicted octanol–water partition coefficient (Wildman–Crippen LogP) is 3.44. The van der Waals surface area contributed by atoms with Crippen LogP contribution in [0.15, 0.2) is 12.2 Å². The summed E-state index contributed by atoms with van der Waals surface area (Å²) in [6.07, 6.45) is 10.2. The van der Waals surface area contributed by atoms with E-state index in [2.05, 4.69) is 12.2 Å². The molecular weight excluding hydrogens is 216 g/mol. The molecule has 2 atom stereocenters. The summed E-state index contributed by atoms with van der Waals surface area (Å²) in [6.45, 7) is 4.23. The van der Waals surface area contributed by atoms with Crippen LogP contribution in [0.5, 0.6) is 0 Å². The smallest absolute Gasteiger partial charge is 0.308 e. The highest BCUT2D eigenvalue weighted by atomic mass is 16.7. The predicted molar refractivity (Wildman–Crippen MR) is 67.5 cm³/mol. The van der Waals surface area contributed by atoms with Crippen molar-refractivity contribution in [1.82, 2.24) is 0 Å². The molecule has 0 amide bonds. The third kappa shape index (κ3) is 6.47. The number of ether oxygens (including phenoxy) is 2. The van der Waals surface area contributed by atoms with E-state index in [4.69, 9.17) is 9.47 Å². The molecule has 3 nitrogen and oxygen atoms in total. The Morgan fingerprint density at radius 1 is 1.35 bits per heavy atom. The van der Waals surface area contributed by atoms with Crippen LogP contribution in [0.3, 0.4) is 0 Å². The van der Waals surface area contributed by atoms with Crippen LogP contribution >= 0.6 is 0 Å². The van der Waals surface area contributed by atoms with Crippen molar-refractivity contribution in [3.63, 3.8) is 0 Å². The number of rotatable bonds is 5. The van der Waals surface area contributed by atoms with E-state index in [1.807, 2.05) is 6.92 Å². The van der Waals surface area contributed by atoms with Crippen molar-refractivity contribution in [3.8, 4) is 0 Å². The van der Waals surface area contributed by atoms with Gasteiger partial charge in [0.2, 0.25) is 0 Å². The van der Waals surface area contributed by atoms with Gasteiger partial charge in [-0.1, -0.05) is 12.2 Å². The van der Waals surface area contributed by atoms with E-state index >= 15 is 0 Å². The molecule has 0 spiro atoms. The van der Waals surface area contributed by atoms with Crippen molar-refractivity contribution in [2.45, 2.75) is 58.7 Å². The van der Waals surface area contributed by atoms with E-state index in [9.17, 15) is 4.79 Å². The number of hydrogen-bond donors (Lipinski definition) is 0. The molecule has 0 radical (unpaired) electrons. The average molecular weight is 240 g/mol. The molecule has 0 heterocycles. The van der Waals surface area contributed by atoms with Crippen LogP contribution < -0.4 is 0 Å². The summed E-state index contributed by atoms with van der Waals surface area (Å²) in [7, 11) is 0. The molecule has 17 heavy (non-hydrogen) atoms. The van der Waals surface area contributed by atoms with Gasteiger partial charge in [-0.05, 0) is 51.9 Å². The van der Waals surface area contributed by atoms with Gasteiger partial charge in [-0.25, -0.2) is 0 Å². The van der Waals surface area contributed by atoms with Crippen molar-refractivity contribution in [2.24, 2.45) is 5.92 Å². The Kier molecular flexibility index (Phi) is 6.94. The van der Waals surface area contributed by atoms with Crippen molar-refractivity contribution >= 4 is 5.97 Å². The summed E-state index contributed by atoms with van der Waals surface area (Å²) in [4.78, 5) is 11.7. The van der Waals surface area contributed by atoms with Gasteiger partial charge in [-0.3, -0.25) is 4.79 Å². The molecular formula is C14H24O3. The zero-order chi connectivity index (χ0) is 12.5. The van der Waals surface area contributed by atoms with Gasteiger partial charge in [0, 0.05) is 13.0 Å². The lowest BCUT2D eigenvalue weighted by Gasteiger charge is -2.18. The second kappa shape index (κ2) is 8.29. The molecule has 0 aromatic heterocycles. The van der Waals surface area contributed by atoms with Gasteiger partial charge >= 0.3 is 5.97 Å². The summed E-state index contributed by atoms with van der Waals surface area (Å²) in [5, 5.41) is 0. The molecule has 98 valence electrons. The van der Waals surface area contributed by atoms with Gasteiger partial charge in [0.15, 0.2) is 6.29 Å². The van der Waals surface area contributed by atoms with Crippen molar-refractivity contribution < 1.29 is 14.3 Å². The van der Waals surface area contributed by atoms with Gasteiger partial charge in [0.25, 0.3) is 0 Å². The second-order valence-corrected chi connectivity index (χ2v) is 4.56. The third-order valence-corrected chi connectivity index (χ3v) is 3.05. The molecule has 0 aliphatic heterocycles. The standard InChI is InChI=1S/C14H24O3/c1-3-16-12(2)17-14(15)11-13-9-7-5-4-6-8-10-13/h4-5,12-13H,3,6-11H2,1-2H3/b5-4-. The maximum absolute atomic E-state index is 11.7. The first-order chi connectivity index (χ1) is 8.22. The van der Waals surface area contributed by atoms with Crippen molar-refractivity contribution in [2.75, 3.05) is 6.61 Å². The Morgan fingerprint density at radius 2 is 2.12 bits per heavy atom. The van der Waals surface area contributed by atoms with Gasteiger partial charge < -0.3 is 9.47 Å².